The first-order valence-electron chi connectivity index (χ1n) is 8.85. The SMILES string of the molecule is CN=C(NCCc1ccccc1F)N1CCC(C)C(n2ccnc2)C1. The smallest absolute Gasteiger partial charge is 0.193 e. The molecule has 2 atom stereocenters. The fourth-order valence-electron chi connectivity index (χ4n) is 3.44. The van der Waals surface area contributed by atoms with Crippen LogP contribution in [0.5, 0.6) is 0 Å². The van der Waals surface area contributed by atoms with Crippen molar-refractivity contribution < 1.29 is 4.39 Å². The Kier molecular flexibility index (Phi) is 5.68. The van der Waals surface area contributed by atoms with E-state index >= 15 is 0 Å². The number of guanidine groups is 1. The van der Waals surface area contributed by atoms with E-state index in [0.717, 1.165) is 31.0 Å². The predicted octanol–water partition coefficient (Wildman–Crippen LogP) is 2.72. The maximum atomic E-state index is 13.7. The second-order valence-corrected chi connectivity index (χ2v) is 6.60. The van der Waals surface area contributed by atoms with E-state index in [0.29, 0.717) is 24.9 Å². The lowest BCUT2D eigenvalue weighted by atomic mass is 9.93. The van der Waals surface area contributed by atoms with Crippen LogP contribution in [0.2, 0.25) is 0 Å². The summed E-state index contributed by atoms with van der Waals surface area (Å²) in [7, 11) is 1.80. The zero-order valence-corrected chi connectivity index (χ0v) is 14.9. The highest BCUT2D eigenvalue weighted by molar-refractivity contribution is 5.80. The molecule has 0 amide bonds. The highest BCUT2D eigenvalue weighted by atomic mass is 19.1. The number of nitrogens with one attached hydrogen (secondary N) is 1. The van der Waals surface area contributed by atoms with E-state index in [9.17, 15) is 4.39 Å². The van der Waals surface area contributed by atoms with Gasteiger partial charge in [0.1, 0.15) is 5.82 Å². The van der Waals surface area contributed by atoms with E-state index in [4.69, 9.17) is 0 Å². The van der Waals surface area contributed by atoms with Crippen LogP contribution in [0, 0.1) is 11.7 Å². The number of imidazole rings is 1. The van der Waals surface area contributed by atoms with Gasteiger partial charge in [-0.2, -0.15) is 0 Å². The number of benzene rings is 1. The first kappa shape index (κ1) is 17.5. The normalized spacial score (nSPS) is 21.4. The molecule has 2 heterocycles. The van der Waals surface area contributed by atoms with Crippen molar-refractivity contribution in [3.05, 3.63) is 54.4 Å². The van der Waals surface area contributed by atoms with Gasteiger partial charge in [-0.3, -0.25) is 4.99 Å². The van der Waals surface area contributed by atoms with Gasteiger partial charge in [0.05, 0.1) is 12.4 Å². The minimum Gasteiger partial charge on any atom is -0.356 e. The number of likely N-dealkylation sites (tertiary alicyclic amines) is 1. The Morgan fingerprint density at radius 1 is 1.40 bits per heavy atom. The topological polar surface area (TPSA) is 45.5 Å². The minimum absolute atomic E-state index is 0.147. The molecule has 0 bridgehead atoms. The van der Waals surface area contributed by atoms with Crippen molar-refractivity contribution in [2.75, 3.05) is 26.7 Å². The van der Waals surface area contributed by atoms with E-state index in [-0.39, 0.29) is 5.82 Å². The molecule has 1 N–H and O–H groups in total. The van der Waals surface area contributed by atoms with Gasteiger partial charge < -0.3 is 14.8 Å². The first-order chi connectivity index (χ1) is 12.2. The molecule has 0 aliphatic carbocycles. The Bertz CT molecular complexity index is 698. The van der Waals surface area contributed by atoms with Crippen molar-refractivity contribution >= 4 is 5.96 Å². The molecule has 0 spiro atoms. The molecule has 1 fully saturated rings. The van der Waals surface area contributed by atoms with Gasteiger partial charge in [-0.05, 0) is 30.4 Å². The Morgan fingerprint density at radius 2 is 2.24 bits per heavy atom. The number of hydrogen-bond acceptors (Lipinski definition) is 2. The van der Waals surface area contributed by atoms with Crippen LogP contribution in [-0.2, 0) is 6.42 Å². The van der Waals surface area contributed by atoms with Crippen molar-refractivity contribution in [1.82, 2.24) is 19.8 Å². The molecular formula is C19H26FN5. The molecule has 1 aromatic carbocycles. The maximum absolute atomic E-state index is 13.7. The Hall–Kier alpha value is -2.37. The van der Waals surface area contributed by atoms with Gasteiger partial charge in [0.2, 0.25) is 0 Å². The largest absolute Gasteiger partial charge is 0.356 e. The molecule has 1 saturated heterocycles. The highest BCUT2D eigenvalue weighted by Crippen LogP contribution is 2.27. The van der Waals surface area contributed by atoms with E-state index in [2.05, 4.69) is 31.7 Å². The number of halogens is 1. The van der Waals surface area contributed by atoms with Crippen molar-refractivity contribution in [2.45, 2.75) is 25.8 Å². The summed E-state index contributed by atoms with van der Waals surface area (Å²) >= 11 is 0. The molecule has 5 nitrogen and oxygen atoms in total. The average molecular weight is 343 g/mol. The number of nitrogens with zero attached hydrogens (tertiary/aromatic N) is 4. The van der Waals surface area contributed by atoms with Gasteiger partial charge >= 0.3 is 0 Å². The van der Waals surface area contributed by atoms with Crippen LogP contribution in [0.3, 0.4) is 0 Å². The summed E-state index contributed by atoms with van der Waals surface area (Å²) < 4.78 is 15.9. The third-order valence-corrected chi connectivity index (χ3v) is 4.97. The molecule has 134 valence electrons. The second kappa shape index (κ2) is 8.14. The van der Waals surface area contributed by atoms with Crippen LogP contribution in [-0.4, -0.2) is 47.1 Å². The molecule has 3 rings (SSSR count). The highest BCUT2D eigenvalue weighted by Gasteiger charge is 2.28. The zero-order chi connectivity index (χ0) is 17.6. The molecular weight excluding hydrogens is 317 g/mol. The minimum atomic E-state index is -0.147. The number of hydrogen-bond donors (Lipinski definition) is 1. The number of piperidine rings is 1. The Labute approximate surface area is 148 Å². The fraction of sp³-hybridized carbons (Fsp3) is 0.474. The zero-order valence-electron chi connectivity index (χ0n) is 14.9. The maximum Gasteiger partial charge on any atom is 0.193 e. The van der Waals surface area contributed by atoms with Gasteiger partial charge in [0, 0.05) is 39.1 Å². The monoisotopic (exact) mass is 343 g/mol. The molecule has 0 saturated carbocycles. The van der Waals surface area contributed by atoms with Crippen LogP contribution in [0.4, 0.5) is 4.39 Å². The van der Waals surface area contributed by atoms with Crippen LogP contribution >= 0.6 is 0 Å². The lowest BCUT2D eigenvalue weighted by molar-refractivity contribution is 0.189. The molecule has 1 aromatic heterocycles. The molecule has 25 heavy (non-hydrogen) atoms. The van der Waals surface area contributed by atoms with Crippen molar-refractivity contribution in [3.8, 4) is 0 Å². The van der Waals surface area contributed by atoms with Crippen molar-refractivity contribution in [1.29, 1.82) is 0 Å². The van der Waals surface area contributed by atoms with E-state index < -0.39 is 0 Å². The predicted molar refractivity (Wildman–Crippen MR) is 98.1 cm³/mol. The van der Waals surface area contributed by atoms with E-state index in [1.165, 1.54) is 6.07 Å². The summed E-state index contributed by atoms with van der Waals surface area (Å²) in [5, 5.41) is 3.38. The van der Waals surface area contributed by atoms with Gasteiger partial charge in [0.25, 0.3) is 0 Å². The lowest BCUT2D eigenvalue weighted by Crippen LogP contribution is -2.49. The van der Waals surface area contributed by atoms with Crippen LogP contribution in [0.15, 0.2) is 48.0 Å². The lowest BCUT2D eigenvalue weighted by Gasteiger charge is -2.39. The molecule has 2 aromatic rings. The van der Waals surface area contributed by atoms with Gasteiger partial charge in [-0.25, -0.2) is 9.37 Å². The third kappa shape index (κ3) is 4.18. The third-order valence-electron chi connectivity index (χ3n) is 4.97. The average Bonchev–Trinajstić information content (AvgIpc) is 3.15. The van der Waals surface area contributed by atoms with Gasteiger partial charge in [-0.15, -0.1) is 0 Å². The number of aliphatic imine (C=N–C) groups is 1. The van der Waals surface area contributed by atoms with Gasteiger partial charge in [0.15, 0.2) is 5.96 Å². The van der Waals surface area contributed by atoms with Crippen LogP contribution in [0.1, 0.15) is 24.9 Å². The second-order valence-electron chi connectivity index (χ2n) is 6.60. The summed E-state index contributed by atoms with van der Waals surface area (Å²) in [5.41, 5.74) is 0.731. The summed E-state index contributed by atoms with van der Waals surface area (Å²) in [6.45, 7) is 4.83. The fourth-order valence-corrected chi connectivity index (χ4v) is 3.44. The van der Waals surface area contributed by atoms with E-state index in [1.807, 2.05) is 30.9 Å². The van der Waals surface area contributed by atoms with Crippen molar-refractivity contribution in [2.24, 2.45) is 10.9 Å². The molecule has 1 aliphatic rings. The Morgan fingerprint density at radius 3 is 2.96 bits per heavy atom. The summed E-state index contributed by atoms with van der Waals surface area (Å²) in [5.74, 6) is 1.33. The number of aromatic nitrogens is 2. The Balaban J connectivity index is 1.58. The summed E-state index contributed by atoms with van der Waals surface area (Å²) in [6, 6.07) is 7.32. The standard InChI is InChI=1S/C19H26FN5/c1-15-8-11-24(13-18(15)25-12-10-22-14-25)19(21-2)23-9-7-16-5-3-4-6-17(16)20/h3-6,10,12,14-15,18H,7-9,11,13H2,1-2H3,(H,21,23). The van der Waals surface area contributed by atoms with Gasteiger partial charge in [-0.1, -0.05) is 25.1 Å². The van der Waals surface area contributed by atoms with Crippen LogP contribution < -0.4 is 5.32 Å². The van der Waals surface area contributed by atoms with Crippen molar-refractivity contribution in [3.63, 3.8) is 0 Å². The summed E-state index contributed by atoms with van der Waals surface area (Å²) in [6.07, 6.45) is 7.49. The molecule has 0 radical (unpaired) electrons. The van der Waals surface area contributed by atoms with Crippen LogP contribution in [0.25, 0.3) is 0 Å². The molecule has 6 heteroatoms. The van der Waals surface area contributed by atoms with E-state index in [1.54, 1.807) is 13.1 Å². The molecule has 2 unspecified atom stereocenters. The first-order valence-corrected chi connectivity index (χ1v) is 8.85. The molecule has 1 aliphatic heterocycles. The quantitative estimate of drug-likeness (QED) is 0.686. The number of rotatable bonds is 4. The summed E-state index contributed by atoms with van der Waals surface area (Å²) in [4.78, 5) is 10.9.